The second-order valence-electron chi connectivity index (χ2n) is 6.07. The number of rotatable bonds is 3. The highest BCUT2D eigenvalue weighted by molar-refractivity contribution is 7.16. The van der Waals surface area contributed by atoms with Gasteiger partial charge in [-0.2, -0.15) is 0 Å². The molecular formula is C18H17N5OS. The second kappa shape index (κ2) is 5.93. The predicted octanol–water partition coefficient (Wildman–Crippen LogP) is 3.42. The van der Waals surface area contributed by atoms with Crippen molar-refractivity contribution in [3.05, 3.63) is 57.7 Å². The van der Waals surface area contributed by atoms with E-state index in [1.54, 1.807) is 17.1 Å². The molecule has 0 aliphatic carbocycles. The minimum Gasteiger partial charge on any atom is -0.360 e. The molecule has 1 atom stereocenters. The molecule has 0 aliphatic heterocycles. The van der Waals surface area contributed by atoms with Crippen LogP contribution in [0.2, 0.25) is 0 Å². The number of hydrogen-bond acceptors (Lipinski definition) is 6. The van der Waals surface area contributed by atoms with Crippen LogP contribution in [0.1, 0.15) is 24.2 Å². The third-order valence-electron chi connectivity index (χ3n) is 4.45. The van der Waals surface area contributed by atoms with Crippen LogP contribution in [-0.4, -0.2) is 19.5 Å². The molecule has 0 unspecified atom stereocenters. The van der Waals surface area contributed by atoms with Gasteiger partial charge < -0.3 is 9.88 Å². The van der Waals surface area contributed by atoms with E-state index in [4.69, 9.17) is 0 Å². The van der Waals surface area contributed by atoms with Gasteiger partial charge in [-0.05, 0) is 30.9 Å². The van der Waals surface area contributed by atoms with Crippen molar-refractivity contribution < 1.29 is 0 Å². The molecule has 4 aromatic rings. The number of nitrogens with zero attached hydrogens (tertiary/aromatic N) is 4. The van der Waals surface area contributed by atoms with Crippen molar-refractivity contribution >= 4 is 38.3 Å². The fraction of sp³-hybridized carbons (Fsp3) is 0.222. The van der Waals surface area contributed by atoms with Crippen molar-refractivity contribution in [1.29, 1.82) is 0 Å². The third-order valence-corrected chi connectivity index (χ3v) is 5.18. The molecule has 0 fully saturated rings. The van der Waals surface area contributed by atoms with E-state index in [0.29, 0.717) is 5.82 Å². The van der Waals surface area contributed by atoms with Crippen LogP contribution in [0.3, 0.4) is 0 Å². The lowest BCUT2D eigenvalue weighted by Gasteiger charge is -2.19. The molecule has 3 aromatic heterocycles. The number of nitrogens with one attached hydrogen (secondary N) is 1. The Morgan fingerprint density at radius 1 is 1.24 bits per heavy atom. The van der Waals surface area contributed by atoms with Crippen LogP contribution < -0.4 is 10.9 Å². The lowest BCUT2D eigenvalue weighted by molar-refractivity contribution is 0.720. The smallest absolute Gasteiger partial charge is 0.258 e. The first kappa shape index (κ1) is 15.7. The number of hydrogen-bond donors (Lipinski definition) is 1. The van der Waals surface area contributed by atoms with Crippen molar-refractivity contribution in [2.24, 2.45) is 7.05 Å². The molecule has 0 saturated carbocycles. The minimum absolute atomic E-state index is 0.0146. The predicted molar refractivity (Wildman–Crippen MR) is 101 cm³/mol. The molecule has 25 heavy (non-hydrogen) atoms. The number of anilines is 1. The second-order valence-corrected chi connectivity index (χ2v) is 6.90. The van der Waals surface area contributed by atoms with Crippen molar-refractivity contribution in [2.75, 3.05) is 5.32 Å². The van der Waals surface area contributed by atoms with Gasteiger partial charge in [-0.25, -0.2) is 15.0 Å². The number of benzene rings is 1. The van der Waals surface area contributed by atoms with E-state index < -0.39 is 0 Å². The summed E-state index contributed by atoms with van der Waals surface area (Å²) in [6.07, 6.45) is 1.53. The largest absolute Gasteiger partial charge is 0.360 e. The summed E-state index contributed by atoms with van der Waals surface area (Å²) in [6.45, 7) is 3.97. The average Bonchev–Trinajstić information content (AvgIpc) is 3.07. The van der Waals surface area contributed by atoms with Gasteiger partial charge in [0.2, 0.25) is 0 Å². The Bertz CT molecular complexity index is 1150. The summed E-state index contributed by atoms with van der Waals surface area (Å²) in [6, 6.07) is 7.86. The van der Waals surface area contributed by atoms with Gasteiger partial charge in [-0.15, -0.1) is 11.3 Å². The lowest BCUT2D eigenvalue weighted by Crippen LogP contribution is -2.24. The number of aryl methyl sites for hydroxylation is 1. The van der Waals surface area contributed by atoms with Gasteiger partial charge in [-0.3, -0.25) is 4.79 Å². The number of thiazole rings is 1. The highest BCUT2D eigenvalue weighted by atomic mass is 32.1. The Morgan fingerprint density at radius 3 is 2.92 bits per heavy atom. The first-order chi connectivity index (χ1) is 12.1. The maximum absolute atomic E-state index is 12.8. The fourth-order valence-corrected chi connectivity index (χ4v) is 3.77. The van der Waals surface area contributed by atoms with Crippen molar-refractivity contribution in [3.63, 3.8) is 0 Å². The van der Waals surface area contributed by atoms with Crippen molar-refractivity contribution in [2.45, 2.75) is 19.9 Å². The summed E-state index contributed by atoms with van der Waals surface area (Å²) in [5.41, 5.74) is 4.40. The molecule has 7 heteroatoms. The lowest BCUT2D eigenvalue weighted by atomic mass is 10.0. The summed E-state index contributed by atoms with van der Waals surface area (Å²) in [5, 5.41) is 5.09. The zero-order valence-electron chi connectivity index (χ0n) is 14.1. The number of fused-ring (bicyclic) bond motifs is 2. The van der Waals surface area contributed by atoms with E-state index in [1.165, 1.54) is 17.7 Å². The zero-order valence-corrected chi connectivity index (χ0v) is 15.0. The third kappa shape index (κ3) is 2.56. The molecular weight excluding hydrogens is 334 g/mol. The fourth-order valence-electron chi connectivity index (χ4n) is 3.14. The van der Waals surface area contributed by atoms with Gasteiger partial charge >= 0.3 is 0 Å². The maximum atomic E-state index is 12.8. The molecule has 0 radical (unpaired) electrons. The number of pyridine rings is 1. The van der Waals surface area contributed by atoms with E-state index >= 15 is 0 Å². The molecule has 0 saturated heterocycles. The standard InChI is InChI=1S/C18H17N5OS/c1-10-5-4-6-12-7-13(23(3)18(24)14(10)12)11(2)22-16-15-17(20-8-19-16)25-9-21-15/h4-9,11H,1-3H3,(H,19,20,22)/t11-/m0/s1. The maximum Gasteiger partial charge on any atom is 0.258 e. The average molecular weight is 351 g/mol. The molecule has 1 N–H and O–H groups in total. The molecule has 4 rings (SSSR count). The summed E-state index contributed by atoms with van der Waals surface area (Å²) < 4.78 is 1.70. The van der Waals surface area contributed by atoms with Crippen LogP contribution in [0.25, 0.3) is 21.1 Å². The van der Waals surface area contributed by atoms with Gasteiger partial charge in [0.05, 0.1) is 16.9 Å². The molecule has 0 spiro atoms. The highest BCUT2D eigenvalue weighted by Gasteiger charge is 2.16. The Labute approximate surface area is 148 Å². The quantitative estimate of drug-likeness (QED) is 0.612. The molecule has 0 aliphatic rings. The van der Waals surface area contributed by atoms with E-state index in [0.717, 1.165) is 32.4 Å². The van der Waals surface area contributed by atoms with Crippen LogP contribution in [0, 0.1) is 6.92 Å². The molecule has 3 heterocycles. The summed E-state index contributed by atoms with van der Waals surface area (Å²) in [5.74, 6) is 0.676. The highest BCUT2D eigenvalue weighted by Crippen LogP contribution is 2.26. The monoisotopic (exact) mass is 351 g/mol. The first-order valence-electron chi connectivity index (χ1n) is 7.96. The van der Waals surface area contributed by atoms with Crippen LogP contribution in [0.4, 0.5) is 5.82 Å². The topological polar surface area (TPSA) is 72.7 Å². The van der Waals surface area contributed by atoms with Crippen LogP contribution in [0.15, 0.2) is 40.9 Å². The van der Waals surface area contributed by atoms with Gasteiger partial charge in [0.25, 0.3) is 5.56 Å². The van der Waals surface area contributed by atoms with Crippen molar-refractivity contribution in [1.82, 2.24) is 19.5 Å². The zero-order chi connectivity index (χ0) is 17.6. The van der Waals surface area contributed by atoms with Crippen LogP contribution >= 0.6 is 11.3 Å². The molecule has 6 nitrogen and oxygen atoms in total. The first-order valence-corrected chi connectivity index (χ1v) is 8.84. The Balaban J connectivity index is 1.80. The Morgan fingerprint density at radius 2 is 2.08 bits per heavy atom. The van der Waals surface area contributed by atoms with E-state index in [9.17, 15) is 4.79 Å². The minimum atomic E-state index is -0.109. The molecule has 0 amide bonds. The van der Waals surface area contributed by atoms with Gasteiger partial charge in [0.15, 0.2) is 5.82 Å². The van der Waals surface area contributed by atoms with E-state index in [-0.39, 0.29) is 11.6 Å². The molecule has 126 valence electrons. The van der Waals surface area contributed by atoms with Gasteiger partial charge in [0, 0.05) is 12.7 Å². The summed E-state index contributed by atoms with van der Waals surface area (Å²) >= 11 is 1.48. The van der Waals surface area contributed by atoms with Crippen LogP contribution in [0.5, 0.6) is 0 Å². The number of aromatic nitrogens is 4. The Hall–Kier alpha value is -2.80. The summed E-state index contributed by atoms with van der Waals surface area (Å²) in [4.78, 5) is 26.5. The van der Waals surface area contributed by atoms with Crippen molar-refractivity contribution in [3.8, 4) is 0 Å². The van der Waals surface area contributed by atoms with Crippen LogP contribution in [-0.2, 0) is 7.05 Å². The van der Waals surface area contributed by atoms with Gasteiger partial charge in [0.1, 0.15) is 16.7 Å². The van der Waals surface area contributed by atoms with E-state index in [2.05, 4.69) is 26.3 Å². The van der Waals surface area contributed by atoms with E-state index in [1.807, 2.05) is 32.0 Å². The Kier molecular flexibility index (Phi) is 3.73. The molecule has 1 aromatic carbocycles. The SMILES string of the molecule is Cc1cccc2cc([C@H](C)Nc3ncnc4scnc34)n(C)c(=O)c12. The molecule has 0 bridgehead atoms. The normalized spacial score (nSPS) is 12.6. The van der Waals surface area contributed by atoms with Gasteiger partial charge in [-0.1, -0.05) is 18.2 Å². The summed E-state index contributed by atoms with van der Waals surface area (Å²) in [7, 11) is 1.81.